The Morgan fingerprint density at radius 3 is 2.87 bits per heavy atom. The van der Waals surface area contributed by atoms with Gasteiger partial charge in [-0.2, -0.15) is 0 Å². The van der Waals surface area contributed by atoms with Gasteiger partial charge in [0.05, 0.1) is 5.69 Å². The number of nitrogens with one attached hydrogen (secondary N) is 1. The van der Waals surface area contributed by atoms with Crippen molar-refractivity contribution in [3.63, 3.8) is 0 Å². The predicted molar refractivity (Wildman–Crippen MR) is 63.0 cm³/mol. The van der Waals surface area contributed by atoms with Crippen molar-refractivity contribution in [2.24, 2.45) is 5.84 Å². The van der Waals surface area contributed by atoms with E-state index in [1.165, 1.54) is 23.5 Å². The second-order valence-corrected chi connectivity index (χ2v) is 4.52. The largest absolute Gasteiger partial charge is 0.300 e. The first-order valence-electron chi connectivity index (χ1n) is 4.08. The molecular weight excluding hydrogens is 281 g/mol. The van der Waals surface area contributed by atoms with Gasteiger partial charge in [0.1, 0.15) is 5.82 Å². The van der Waals surface area contributed by atoms with Gasteiger partial charge in [0.2, 0.25) is 0 Å². The summed E-state index contributed by atoms with van der Waals surface area (Å²) in [5, 5.41) is 2.48. The van der Waals surface area contributed by atoms with Gasteiger partial charge in [0.25, 0.3) is 0 Å². The summed E-state index contributed by atoms with van der Waals surface area (Å²) < 4.78 is 13.5. The Kier molecular flexibility index (Phi) is 2.99. The monoisotopic (exact) mass is 287 g/mol. The number of aromatic nitrogens is 1. The van der Waals surface area contributed by atoms with Crippen LogP contribution in [-0.2, 0) is 0 Å². The minimum Gasteiger partial charge on any atom is -0.300 e. The molecule has 0 radical (unpaired) electrons. The van der Waals surface area contributed by atoms with Crippen LogP contribution in [0.2, 0.25) is 0 Å². The van der Waals surface area contributed by atoms with E-state index in [0.717, 1.165) is 11.3 Å². The first-order valence-corrected chi connectivity index (χ1v) is 5.75. The zero-order valence-corrected chi connectivity index (χ0v) is 9.90. The van der Waals surface area contributed by atoms with Gasteiger partial charge >= 0.3 is 0 Å². The number of hydrazine groups is 1. The lowest BCUT2D eigenvalue weighted by molar-refractivity contribution is 0.627. The number of hydrogen-bond donors (Lipinski definition) is 2. The van der Waals surface area contributed by atoms with E-state index < -0.39 is 0 Å². The van der Waals surface area contributed by atoms with Crippen LogP contribution in [0.3, 0.4) is 0 Å². The lowest BCUT2D eigenvalue weighted by Gasteiger charge is -2.00. The van der Waals surface area contributed by atoms with Crippen LogP contribution >= 0.6 is 27.3 Å². The van der Waals surface area contributed by atoms with E-state index in [2.05, 4.69) is 26.3 Å². The Bertz CT molecular complexity index is 486. The summed E-state index contributed by atoms with van der Waals surface area (Å²) in [6, 6.07) is 4.48. The lowest BCUT2D eigenvalue weighted by atomic mass is 10.2. The van der Waals surface area contributed by atoms with Crippen molar-refractivity contribution in [2.75, 3.05) is 5.43 Å². The Hall–Kier alpha value is -0.980. The van der Waals surface area contributed by atoms with Crippen LogP contribution in [0, 0.1) is 5.82 Å². The minimum absolute atomic E-state index is 0.280. The van der Waals surface area contributed by atoms with Gasteiger partial charge < -0.3 is 0 Å². The van der Waals surface area contributed by atoms with E-state index in [1.807, 2.05) is 5.38 Å². The third-order valence-electron chi connectivity index (χ3n) is 1.83. The highest BCUT2D eigenvalue weighted by atomic mass is 79.9. The van der Waals surface area contributed by atoms with Crippen molar-refractivity contribution in [1.82, 2.24) is 4.98 Å². The summed E-state index contributed by atoms with van der Waals surface area (Å²) >= 11 is 4.68. The molecule has 1 heterocycles. The van der Waals surface area contributed by atoms with Crippen LogP contribution in [0.1, 0.15) is 0 Å². The van der Waals surface area contributed by atoms with Crippen molar-refractivity contribution in [1.29, 1.82) is 0 Å². The second-order valence-electron chi connectivity index (χ2n) is 2.81. The maximum atomic E-state index is 12.9. The normalized spacial score (nSPS) is 10.3. The molecule has 0 aliphatic carbocycles. The third kappa shape index (κ3) is 2.17. The topological polar surface area (TPSA) is 50.9 Å². The fourth-order valence-corrected chi connectivity index (χ4v) is 2.34. The number of thiazole rings is 1. The first kappa shape index (κ1) is 10.5. The fraction of sp³-hybridized carbons (Fsp3) is 0. The molecule has 0 amide bonds. The summed E-state index contributed by atoms with van der Waals surface area (Å²) in [6.07, 6.45) is 0. The van der Waals surface area contributed by atoms with Gasteiger partial charge in [-0.1, -0.05) is 0 Å². The molecule has 2 aromatic rings. The summed E-state index contributed by atoms with van der Waals surface area (Å²) in [6.45, 7) is 0. The fourth-order valence-electron chi connectivity index (χ4n) is 1.16. The maximum absolute atomic E-state index is 12.9. The molecule has 2 rings (SSSR count). The average Bonchev–Trinajstić information content (AvgIpc) is 2.66. The molecule has 3 nitrogen and oxygen atoms in total. The molecule has 0 fully saturated rings. The van der Waals surface area contributed by atoms with Crippen LogP contribution in [0.15, 0.2) is 28.1 Å². The maximum Gasteiger partial charge on any atom is 0.197 e. The molecule has 0 saturated carbocycles. The number of nitrogens with zero attached hydrogens (tertiary/aromatic N) is 1. The van der Waals surface area contributed by atoms with Crippen molar-refractivity contribution in [3.05, 3.63) is 33.9 Å². The molecule has 3 N–H and O–H groups in total. The summed E-state index contributed by atoms with van der Waals surface area (Å²) in [7, 11) is 0. The third-order valence-corrected chi connectivity index (χ3v) is 3.26. The van der Waals surface area contributed by atoms with Gasteiger partial charge in [0, 0.05) is 15.4 Å². The zero-order chi connectivity index (χ0) is 10.8. The van der Waals surface area contributed by atoms with Gasteiger partial charge in [-0.15, -0.1) is 11.3 Å². The number of hydrogen-bond acceptors (Lipinski definition) is 4. The number of nitrogen functional groups attached to an aromatic ring is 1. The zero-order valence-electron chi connectivity index (χ0n) is 7.50. The Balaban J connectivity index is 2.44. The molecule has 0 unspecified atom stereocenters. The second kappa shape index (κ2) is 4.26. The van der Waals surface area contributed by atoms with Crippen molar-refractivity contribution in [2.45, 2.75) is 0 Å². The molecule has 78 valence electrons. The first-order chi connectivity index (χ1) is 7.20. The highest BCUT2D eigenvalue weighted by Gasteiger charge is 2.08. The molecule has 0 saturated heterocycles. The Morgan fingerprint density at radius 1 is 1.47 bits per heavy atom. The van der Waals surface area contributed by atoms with E-state index in [-0.39, 0.29) is 5.82 Å². The average molecular weight is 288 g/mol. The van der Waals surface area contributed by atoms with E-state index in [1.54, 1.807) is 6.07 Å². The molecule has 1 aromatic carbocycles. The minimum atomic E-state index is -0.280. The molecular formula is C9H7BrFN3S. The molecule has 0 aliphatic rings. The van der Waals surface area contributed by atoms with Crippen molar-refractivity contribution < 1.29 is 4.39 Å². The number of benzene rings is 1. The molecule has 0 spiro atoms. The van der Waals surface area contributed by atoms with Crippen LogP contribution in [-0.4, -0.2) is 4.98 Å². The molecule has 0 bridgehead atoms. The van der Waals surface area contributed by atoms with E-state index in [0.29, 0.717) is 9.60 Å². The van der Waals surface area contributed by atoms with Gasteiger partial charge in [-0.3, -0.25) is 5.43 Å². The smallest absolute Gasteiger partial charge is 0.197 e. The van der Waals surface area contributed by atoms with Crippen LogP contribution in [0.25, 0.3) is 11.3 Å². The highest BCUT2D eigenvalue weighted by Crippen LogP contribution is 2.30. The van der Waals surface area contributed by atoms with Crippen LogP contribution < -0.4 is 11.3 Å². The standard InChI is InChI=1S/C9H7BrFN3S/c10-7-3-5(11)1-2-6(7)8-4-15-9(13-8)14-12/h1-4H,12H2,(H,13,14). The number of nitrogens with two attached hydrogens (primary N) is 1. The number of rotatable bonds is 2. The van der Waals surface area contributed by atoms with E-state index in [4.69, 9.17) is 5.84 Å². The Labute approximate surface area is 98.2 Å². The molecule has 1 aromatic heterocycles. The molecule has 0 atom stereocenters. The van der Waals surface area contributed by atoms with E-state index >= 15 is 0 Å². The predicted octanol–water partition coefficient (Wildman–Crippen LogP) is 3.00. The van der Waals surface area contributed by atoms with Gasteiger partial charge in [0.15, 0.2) is 5.13 Å². The molecule has 0 aliphatic heterocycles. The van der Waals surface area contributed by atoms with Crippen molar-refractivity contribution in [3.8, 4) is 11.3 Å². The van der Waals surface area contributed by atoms with Gasteiger partial charge in [-0.05, 0) is 34.1 Å². The summed E-state index contributed by atoms with van der Waals surface area (Å²) in [5.41, 5.74) is 4.07. The number of anilines is 1. The molecule has 6 heteroatoms. The summed E-state index contributed by atoms with van der Waals surface area (Å²) in [5.74, 6) is 4.95. The van der Waals surface area contributed by atoms with Crippen LogP contribution in [0.5, 0.6) is 0 Å². The van der Waals surface area contributed by atoms with Crippen LogP contribution in [0.4, 0.5) is 9.52 Å². The van der Waals surface area contributed by atoms with E-state index in [9.17, 15) is 4.39 Å². The Morgan fingerprint density at radius 2 is 2.27 bits per heavy atom. The molecule has 15 heavy (non-hydrogen) atoms. The SMILES string of the molecule is NNc1nc(-c2ccc(F)cc2Br)cs1. The highest BCUT2D eigenvalue weighted by molar-refractivity contribution is 9.10. The lowest BCUT2D eigenvalue weighted by Crippen LogP contribution is -2.05. The summed E-state index contributed by atoms with van der Waals surface area (Å²) in [4.78, 5) is 4.22. The quantitative estimate of drug-likeness (QED) is 0.659. The van der Waals surface area contributed by atoms with Crippen molar-refractivity contribution >= 4 is 32.4 Å². The van der Waals surface area contributed by atoms with Gasteiger partial charge in [-0.25, -0.2) is 15.2 Å². The number of halogens is 2.